The van der Waals surface area contributed by atoms with E-state index < -0.39 is 14.6 Å². The van der Waals surface area contributed by atoms with Gasteiger partial charge in [0.25, 0.3) is 0 Å². The Balaban J connectivity index is 0.000000349. The van der Waals surface area contributed by atoms with Gasteiger partial charge in [-0.1, -0.05) is 174 Å². The highest BCUT2D eigenvalue weighted by Crippen LogP contribution is 2.36. The summed E-state index contributed by atoms with van der Waals surface area (Å²) < 4.78 is 23.2. The molecule has 0 amide bonds. The molecule has 0 aliphatic heterocycles. The molecule has 3 aromatic rings. The minimum absolute atomic E-state index is 0.241. The van der Waals surface area contributed by atoms with Gasteiger partial charge >= 0.3 is 0 Å². The van der Waals surface area contributed by atoms with Crippen LogP contribution in [-0.4, -0.2) is 13.2 Å². The smallest absolute Gasteiger partial charge is 0.183 e. The van der Waals surface area contributed by atoms with E-state index in [0.29, 0.717) is 10.3 Å². The minimum Gasteiger partial charge on any atom is -0.223 e. The molecule has 0 N–H and O–H groups in total. The van der Waals surface area contributed by atoms with E-state index in [1.807, 2.05) is 19.1 Å². The third-order valence-corrected chi connectivity index (χ3v) is 12.7. The lowest BCUT2D eigenvalue weighted by atomic mass is 9.76. The molecule has 0 unspecified atom stereocenters. The first-order chi connectivity index (χ1) is 23.4. The Morgan fingerprint density at radius 3 is 1.29 bits per heavy atom. The van der Waals surface area contributed by atoms with Crippen LogP contribution in [0.3, 0.4) is 0 Å². The van der Waals surface area contributed by atoms with Gasteiger partial charge in [0.1, 0.15) is 0 Å². The van der Waals surface area contributed by atoms with Crippen LogP contribution in [0.1, 0.15) is 181 Å². The maximum absolute atomic E-state index is 12.0. The Labute approximate surface area is 323 Å². The lowest BCUT2D eigenvalue weighted by Crippen LogP contribution is -2.27. The van der Waals surface area contributed by atoms with Crippen LogP contribution in [-0.2, 0) is 26.1 Å². The van der Waals surface area contributed by atoms with Crippen molar-refractivity contribution >= 4 is 9.84 Å². The number of benzene rings is 3. The molecule has 0 aromatic heterocycles. The standard InChI is InChI=1S/C15H24.C12H18.C11H16O2S.C11H22/c1-11-8-9-12(14(2,3)4)10-13(11)15(5,6)7;1-9-6-10(2)8-11(7-9)12(3,4)5;1-9-5-7-10(8-6-9)14(12,13)11(2,3)4;1-11(2,3)10-8-6-4-5-7-9-10/h8-10H,1-7H3;6-8H,1-5H3;5-8H,1-4H3;10H,4-9H2,1-3H3. The Hall–Kier alpha value is -2.39. The van der Waals surface area contributed by atoms with Crippen LogP contribution < -0.4 is 0 Å². The minimum atomic E-state index is -3.19. The van der Waals surface area contributed by atoms with E-state index in [0.717, 1.165) is 11.5 Å². The topological polar surface area (TPSA) is 34.1 Å². The Bertz CT molecular complexity index is 1590. The average molecular weight is 733 g/mol. The molecule has 1 aliphatic rings. The molecule has 52 heavy (non-hydrogen) atoms. The van der Waals surface area contributed by atoms with Gasteiger partial charge in [-0.05, 0) is 123 Å². The second kappa shape index (κ2) is 18.8. The molecule has 3 aromatic carbocycles. The van der Waals surface area contributed by atoms with E-state index in [1.165, 1.54) is 71.9 Å². The molecule has 1 saturated carbocycles. The van der Waals surface area contributed by atoms with Crippen LogP contribution in [0.4, 0.5) is 0 Å². The van der Waals surface area contributed by atoms with Crippen molar-refractivity contribution < 1.29 is 8.42 Å². The first-order valence-electron chi connectivity index (χ1n) is 19.9. The highest BCUT2D eigenvalue weighted by atomic mass is 32.2. The zero-order valence-electron chi connectivity index (χ0n) is 37.3. The van der Waals surface area contributed by atoms with Gasteiger partial charge < -0.3 is 0 Å². The zero-order chi connectivity index (χ0) is 40.5. The number of hydrogen-bond acceptors (Lipinski definition) is 2. The summed E-state index contributed by atoms with van der Waals surface area (Å²) in [5, 5.41) is 0. The molecule has 3 heteroatoms. The summed E-state index contributed by atoms with van der Waals surface area (Å²) in [6, 6.07) is 20.6. The fraction of sp³-hybridized carbons (Fsp3) is 0.633. The van der Waals surface area contributed by atoms with E-state index in [9.17, 15) is 8.42 Å². The van der Waals surface area contributed by atoms with E-state index in [2.05, 4.69) is 140 Å². The maximum Gasteiger partial charge on any atom is 0.183 e. The molecule has 2 nitrogen and oxygen atoms in total. The molecule has 1 fully saturated rings. The summed E-state index contributed by atoms with van der Waals surface area (Å²) in [4.78, 5) is 0.399. The number of hydrogen-bond donors (Lipinski definition) is 0. The van der Waals surface area contributed by atoms with Crippen molar-refractivity contribution in [2.45, 2.75) is 196 Å². The molecule has 0 heterocycles. The van der Waals surface area contributed by atoms with Gasteiger partial charge in [0, 0.05) is 0 Å². The van der Waals surface area contributed by atoms with E-state index in [1.54, 1.807) is 32.9 Å². The molecular formula is C49H80O2S. The van der Waals surface area contributed by atoms with Crippen LogP contribution in [0, 0.1) is 39.0 Å². The van der Waals surface area contributed by atoms with Crippen LogP contribution in [0.5, 0.6) is 0 Å². The number of rotatable bonds is 1. The largest absolute Gasteiger partial charge is 0.223 e. The van der Waals surface area contributed by atoms with Crippen molar-refractivity contribution in [3.05, 3.63) is 99.6 Å². The van der Waals surface area contributed by atoms with Gasteiger partial charge in [-0.2, -0.15) is 0 Å². The molecule has 0 bridgehead atoms. The van der Waals surface area contributed by atoms with Gasteiger partial charge in [-0.15, -0.1) is 0 Å². The fourth-order valence-corrected chi connectivity index (χ4v) is 7.72. The maximum atomic E-state index is 12.0. The molecule has 1 aliphatic carbocycles. The van der Waals surface area contributed by atoms with Crippen molar-refractivity contribution in [2.24, 2.45) is 11.3 Å². The Morgan fingerprint density at radius 1 is 0.481 bits per heavy atom. The molecule has 0 saturated heterocycles. The van der Waals surface area contributed by atoms with Crippen molar-refractivity contribution in [2.75, 3.05) is 0 Å². The van der Waals surface area contributed by atoms with Gasteiger partial charge in [-0.3, -0.25) is 0 Å². The van der Waals surface area contributed by atoms with Crippen LogP contribution in [0.15, 0.2) is 65.6 Å². The molecule has 294 valence electrons. The Kier molecular flexibility index (Phi) is 17.2. The SMILES string of the molecule is CC(C)(C)C1CCCCCC1.Cc1cc(C)cc(C(C)(C)C)c1.Cc1ccc(C(C)(C)C)cc1C(C)(C)C.Cc1ccc(S(=O)(=O)C(C)(C)C)cc1. The third-order valence-electron chi connectivity index (χ3n) is 10.2. The first kappa shape index (κ1) is 47.6. The van der Waals surface area contributed by atoms with Gasteiger partial charge in [0.2, 0.25) is 0 Å². The lowest BCUT2D eigenvalue weighted by molar-refractivity contribution is 0.215. The van der Waals surface area contributed by atoms with Crippen molar-refractivity contribution in [1.29, 1.82) is 0 Å². The summed E-state index contributed by atoms with van der Waals surface area (Å²) >= 11 is 0. The monoisotopic (exact) mass is 733 g/mol. The average Bonchev–Trinajstić information content (AvgIpc) is 3.26. The molecule has 0 atom stereocenters. The lowest BCUT2D eigenvalue weighted by Gasteiger charge is -2.29. The molecule has 4 rings (SSSR count). The summed E-state index contributed by atoms with van der Waals surface area (Å²) in [6.07, 6.45) is 8.86. The van der Waals surface area contributed by atoms with Crippen LogP contribution >= 0.6 is 0 Å². The fourth-order valence-electron chi connectivity index (χ4n) is 6.52. The quantitative estimate of drug-likeness (QED) is 0.233. The van der Waals surface area contributed by atoms with Gasteiger partial charge in [0.05, 0.1) is 9.64 Å². The highest BCUT2D eigenvalue weighted by Gasteiger charge is 2.30. The second-order valence-electron chi connectivity index (χ2n) is 20.6. The van der Waals surface area contributed by atoms with Crippen LogP contribution in [0.25, 0.3) is 0 Å². The third kappa shape index (κ3) is 15.9. The predicted molar refractivity (Wildman–Crippen MR) is 232 cm³/mol. The van der Waals surface area contributed by atoms with Crippen LogP contribution in [0.2, 0.25) is 0 Å². The normalized spacial score (nSPS) is 14.8. The van der Waals surface area contributed by atoms with Crippen molar-refractivity contribution in [3.63, 3.8) is 0 Å². The molecule has 0 spiro atoms. The van der Waals surface area contributed by atoms with Crippen molar-refractivity contribution in [3.8, 4) is 0 Å². The summed E-state index contributed by atoms with van der Waals surface area (Å²) in [5.41, 5.74) is 10.8. The molecule has 0 radical (unpaired) electrons. The first-order valence-corrected chi connectivity index (χ1v) is 21.4. The Morgan fingerprint density at radius 2 is 0.923 bits per heavy atom. The van der Waals surface area contributed by atoms with Crippen molar-refractivity contribution in [1.82, 2.24) is 0 Å². The van der Waals surface area contributed by atoms with Gasteiger partial charge in [-0.25, -0.2) is 8.42 Å². The van der Waals surface area contributed by atoms with E-state index in [-0.39, 0.29) is 16.2 Å². The number of aryl methyl sites for hydroxylation is 4. The zero-order valence-corrected chi connectivity index (χ0v) is 38.1. The highest BCUT2D eigenvalue weighted by molar-refractivity contribution is 7.92. The predicted octanol–water partition coefficient (Wildman–Crippen LogP) is 14.8. The van der Waals surface area contributed by atoms with E-state index >= 15 is 0 Å². The molecular weight excluding hydrogens is 653 g/mol. The summed E-state index contributed by atoms with van der Waals surface area (Å²) in [6.45, 7) is 41.2. The summed E-state index contributed by atoms with van der Waals surface area (Å²) in [7, 11) is -3.19. The second-order valence-corrected chi connectivity index (χ2v) is 23.3. The van der Waals surface area contributed by atoms with E-state index in [4.69, 9.17) is 0 Å². The number of sulfone groups is 1. The summed E-state index contributed by atoms with van der Waals surface area (Å²) in [5.74, 6) is 0.991. The van der Waals surface area contributed by atoms with Gasteiger partial charge in [0.15, 0.2) is 9.84 Å².